The summed E-state index contributed by atoms with van der Waals surface area (Å²) in [7, 11) is 0. The van der Waals surface area contributed by atoms with Crippen molar-refractivity contribution in [3.05, 3.63) is 35.4 Å². The topological polar surface area (TPSA) is 66.4 Å². The first-order valence-electron chi connectivity index (χ1n) is 7.39. The van der Waals surface area contributed by atoms with Gasteiger partial charge in [-0.3, -0.25) is 9.59 Å². The molecule has 0 spiro atoms. The van der Waals surface area contributed by atoms with Gasteiger partial charge < -0.3 is 10.4 Å². The molecule has 2 rings (SSSR count). The van der Waals surface area contributed by atoms with Gasteiger partial charge in [-0.15, -0.1) is 0 Å². The molecule has 22 heavy (non-hydrogen) atoms. The summed E-state index contributed by atoms with van der Waals surface area (Å²) in [6.07, 6.45) is 1.66. The van der Waals surface area contributed by atoms with E-state index in [1.165, 1.54) is 0 Å². The van der Waals surface area contributed by atoms with E-state index in [0.717, 1.165) is 18.2 Å². The van der Waals surface area contributed by atoms with Crippen LogP contribution >= 0.6 is 0 Å². The molecule has 3 atom stereocenters. The van der Waals surface area contributed by atoms with Crippen LogP contribution < -0.4 is 5.32 Å². The average Bonchev–Trinajstić information content (AvgIpc) is 3.25. The summed E-state index contributed by atoms with van der Waals surface area (Å²) in [5.41, 5.74) is 0.212. The molecule has 4 nitrogen and oxygen atoms in total. The van der Waals surface area contributed by atoms with Crippen LogP contribution in [-0.4, -0.2) is 23.5 Å². The number of amides is 1. The average molecular weight is 311 g/mol. The van der Waals surface area contributed by atoms with Gasteiger partial charge in [-0.25, -0.2) is 8.78 Å². The summed E-state index contributed by atoms with van der Waals surface area (Å²) in [5, 5.41) is 11.6. The van der Waals surface area contributed by atoms with Crippen molar-refractivity contribution in [2.45, 2.75) is 32.1 Å². The third-order valence-corrected chi connectivity index (χ3v) is 3.99. The molecule has 1 aromatic carbocycles. The molecule has 3 unspecified atom stereocenters. The van der Waals surface area contributed by atoms with Crippen LogP contribution in [-0.2, 0) is 9.59 Å². The first-order valence-corrected chi connectivity index (χ1v) is 7.39. The van der Waals surface area contributed by atoms with E-state index in [4.69, 9.17) is 5.11 Å². The van der Waals surface area contributed by atoms with Gasteiger partial charge in [-0.2, -0.15) is 0 Å². The van der Waals surface area contributed by atoms with Crippen molar-refractivity contribution in [1.29, 1.82) is 0 Å². The number of nitrogens with one attached hydrogen (secondary N) is 1. The molecular formula is C16H19F2NO3. The number of carboxylic acid groups (broad SMARTS) is 1. The third kappa shape index (κ3) is 3.81. The second-order valence-electron chi connectivity index (χ2n) is 5.68. The Bertz CT molecular complexity index is 577. The fourth-order valence-corrected chi connectivity index (χ4v) is 2.64. The second kappa shape index (κ2) is 6.85. The van der Waals surface area contributed by atoms with Gasteiger partial charge in [0.05, 0.1) is 5.92 Å². The number of hydrogen-bond acceptors (Lipinski definition) is 2. The van der Waals surface area contributed by atoms with Crippen LogP contribution in [0.1, 0.15) is 37.7 Å². The summed E-state index contributed by atoms with van der Waals surface area (Å²) in [6, 6.07) is 3.21. The van der Waals surface area contributed by atoms with E-state index in [1.54, 1.807) is 0 Å². The number of carbonyl (C=O) groups excluding carboxylic acids is 1. The fourth-order valence-electron chi connectivity index (χ4n) is 2.64. The molecule has 0 radical (unpaired) electrons. The predicted octanol–water partition coefficient (Wildman–Crippen LogP) is 2.69. The van der Waals surface area contributed by atoms with Crippen molar-refractivity contribution >= 4 is 11.9 Å². The van der Waals surface area contributed by atoms with Gasteiger partial charge in [0, 0.05) is 12.5 Å². The molecule has 0 bridgehead atoms. The van der Waals surface area contributed by atoms with Gasteiger partial charge in [-0.1, -0.05) is 13.3 Å². The molecular weight excluding hydrogens is 292 g/mol. The molecule has 1 aromatic rings. The van der Waals surface area contributed by atoms with Gasteiger partial charge in [-0.05, 0) is 42.5 Å². The van der Waals surface area contributed by atoms with Crippen LogP contribution in [0.5, 0.6) is 0 Å². The SMILES string of the molecule is CCCC(CNC(=O)C1CC1c1cc(F)ccc1F)C(=O)O. The number of rotatable bonds is 7. The van der Waals surface area contributed by atoms with Crippen molar-refractivity contribution in [3.8, 4) is 0 Å². The highest BCUT2D eigenvalue weighted by Gasteiger charge is 2.45. The van der Waals surface area contributed by atoms with E-state index < -0.39 is 29.4 Å². The van der Waals surface area contributed by atoms with E-state index in [0.29, 0.717) is 19.3 Å². The third-order valence-electron chi connectivity index (χ3n) is 3.99. The zero-order valence-electron chi connectivity index (χ0n) is 12.3. The maximum absolute atomic E-state index is 13.6. The maximum Gasteiger partial charge on any atom is 0.308 e. The van der Waals surface area contributed by atoms with Crippen LogP contribution in [0.15, 0.2) is 18.2 Å². The fraction of sp³-hybridized carbons (Fsp3) is 0.500. The lowest BCUT2D eigenvalue weighted by molar-refractivity contribution is -0.142. The van der Waals surface area contributed by atoms with E-state index >= 15 is 0 Å². The molecule has 0 aliphatic heterocycles. The quantitative estimate of drug-likeness (QED) is 0.813. The Balaban J connectivity index is 1.90. The molecule has 2 N–H and O–H groups in total. The van der Waals surface area contributed by atoms with Crippen molar-refractivity contribution in [3.63, 3.8) is 0 Å². The minimum Gasteiger partial charge on any atom is -0.481 e. The lowest BCUT2D eigenvalue weighted by Crippen LogP contribution is -2.34. The van der Waals surface area contributed by atoms with Crippen molar-refractivity contribution in [2.75, 3.05) is 6.54 Å². The minimum atomic E-state index is -0.939. The van der Waals surface area contributed by atoms with Crippen LogP contribution in [0.4, 0.5) is 8.78 Å². The van der Waals surface area contributed by atoms with Gasteiger partial charge in [0.2, 0.25) is 5.91 Å². The minimum absolute atomic E-state index is 0.0663. The molecule has 1 amide bonds. The first kappa shape index (κ1) is 16.4. The Morgan fingerprint density at radius 1 is 1.41 bits per heavy atom. The zero-order chi connectivity index (χ0) is 16.3. The van der Waals surface area contributed by atoms with E-state index in [9.17, 15) is 18.4 Å². The number of benzene rings is 1. The van der Waals surface area contributed by atoms with Crippen LogP contribution in [0.3, 0.4) is 0 Å². The highest BCUT2D eigenvalue weighted by Crippen LogP contribution is 2.48. The van der Waals surface area contributed by atoms with Crippen LogP contribution in [0.25, 0.3) is 0 Å². The number of aliphatic carboxylic acids is 1. The van der Waals surface area contributed by atoms with Crippen molar-refractivity contribution in [2.24, 2.45) is 11.8 Å². The Hall–Kier alpha value is -1.98. The number of hydrogen-bond donors (Lipinski definition) is 2. The van der Waals surface area contributed by atoms with Gasteiger partial charge in [0.1, 0.15) is 11.6 Å². The molecule has 1 aliphatic rings. The summed E-state index contributed by atoms with van der Waals surface area (Å²) in [6.45, 7) is 1.94. The van der Waals surface area contributed by atoms with Gasteiger partial charge in [0.15, 0.2) is 0 Å². The lowest BCUT2D eigenvalue weighted by Gasteiger charge is -2.12. The Morgan fingerprint density at radius 2 is 2.14 bits per heavy atom. The molecule has 1 saturated carbocycles. The summed E-state index contributed by atoms with van der Waals surface area (Å²) in [4.78, 5) is 23.0. The molecule has 0 heterocycles. The van der Waals surface area contributed by atoms with E-state index in [2.05, 4.69) is 5.32 Å². The summed E-state index contributed by atoms with van der Waals surface area (Å²) >= 11 is 0. The second-order valence-corrected chi connectivity index (χ2v) is 5.68. The van der Waals surface area contributed by atoms with Crippen LogP contribution in [0.2, 0.25) is 0 Å². The number of halogens is 2. The standard InChI is InChI=1S/C16H19F2NO3/c1-2-3-9(16(21)22)8-19-15(20)13-7-11(13)12-6-10(17)4-5-14(12)18/h4-6,9,11,13H,2-3,7-8H2,1H3,(H,19,20)(H,21,22). The highest BCUT2D eigenvalue weighted by atomic mass is 19.1. The predicted molar refractivity (Wildman–Crippen MR) is 76.2 cm³/mol. The molecule has 0 aromatic heterocycles. The molecule has 1 aliphatic carbocycles. The largest absolute Gasteiger partial charge is 0.481 e. The zero-order valence-corrected chi connectivity index (χ0v) is 12.3. The Kier molecular flexibility index (Phi) is 5.11. The molecule has 6 heteroatoms. The van der Waals surface area contributed by atoms with Gasteiger partial charge >= 0.3 is 5.97 Å². The molecule has 0 saturated heterocycles. The highest BCUT2D eigenvalue weighted by molar-refractivity contribution is 5.83. The Morgan fingerprint density at radius 3 is 2.77 bits per heavy atom. The normalized spacial score (nSPS) is 21.2. The van der Waals surface area contributed by atoms with Crippen molar-refractivity contribution in [1.82, 2.24) is 5.32 Å². The van der Waals surface area contributed by atoms with E-state index in [-0.39, 0.29) is 23.9 Å². The first-order chi connectivity index (χ1) is 10.4. The van der Waals surface area contributed by atoms with Crippen molar-refractivity contribution < 1.29 is 23.5 Å². The Labute approximate surface area is 127 Å². The lowest BCUT2D eigenvalue weighted by atomic mass is 10.0. The van der Waals surface area contributed by atoms with Gasteiger partial charge in [0.25, 0.3) is 0 Å². The smallest absolute Gasteiger partial charge is 0.308 e. The monoisotopic (exact) mass is 311 g/mol. The number of carbonyl (C=O) groups is 2. The van der Waals surface area contributed by atoms with E-state index in [1.807, 2.05) is 6.92 Å². The maximum atomic E-state index is 13.6. The van der Waals surface area contributed by atoms with Crippen LogP contribution in [0, 0.1) is 23.5 Å². The summed E-state index contributed by atoms with van der Waals surface area (Å²) < 4.78 is 26.8. The number of carboxylic acids is 1. The molecule has 120 valence electrons. The summed E-state index contributed by atoms with van der Waals surface area (Å²) in [5.74, 6) is -3.64. The molecule has 1 fully saturated rings.